The second kappa shape index (κ2) is 8.99. The molecule has 2 heterocycles. The number of anilines is 1. The van der Waals surface area contributed by atoms with Gasteiger partial charge in [0.1, 0.15) is 4.70 Å². The third-order valence-corrected chi connectivity index (χ3v) is 6.53. The Labute approximate surface area is 194 Å². The number of aromatic nitrogens is 2. The quantitative estimate of drug-likeness (QED) is 0.266. The molecule has 0 saturated carbocycles. The lowest BCUT2D eigenvalue weighted by molar-refractivity contribution is -0.113. The van der Waals surface area contributed by atoms with Crippen molar-refractivity contribution in [1.29, 1.82) is 0 Å². The molecular weight excluding hydrogens is 485 g/mol. The molecule has 2 aromatic carbocycles. The van der Waals surface area contributed by atoms with E-state index in [4.69, 9.17) is 34.8 Å². The number of hydrogen-bond donors (Lipinski definition) is 1. The van der Waals surface area contributed by atoms with Crippen molar-refractivity contribution >= 4 is 79.7 Å². The van der Waals surface area contributed by atoms with Crippen LogP contribution in [0.15, 0.2) is 63.9 Å². The van der Waals surface area contributed by atoms with Crippen molar-refractivity contribution in [3.63, 3.8) is 0 Å². The van der Waals surface area contributed by atoms with Gasteiger partial charge in [0.2, 0.25) is 5.91 Å². The fourth-order valence-electron chi connectivity index (χ4n) is 2.76. The van der Waals surface area contributed by atoms with Crippen LogP contribution in [0.1, 0.15) is 0 Å². The lowest BCUT2D eigenvalue weighted by Crippen LogP contribution is -2.22. The van der Waals surface area contributed by atoms with Gasteiger partial charge in [0.15, 0.2) is 5.16 Å². The summed E-state index contributed by atoms with van der Waals surface area (Å²) in [4.78, 5) is 30.1. The minimum atomic E-state index is -0.277. The normalized spacial score (nSPS) is 11.0. The Morgan fingerprint density at radius 1 is 1.03 bits per heavy atom. The first-order valence-corrected chi connectivity index (χ1v) is 11.6. The zero-order valence-corrected chi connectivity index (χ0v) is 19.0. The van der Waals surface area contributed by atoms with Crippen molar-refractivity contribution in [3.05, 3.63) is 79.3 Å². The molecule has 0 spiro atoms. The standard InChI is InChI=1S/C20H12Cl3N3O2S2/c21-11-1-3-15(4-2-11)26-19(28)18-16(5-6-29-18)25-20(26)30-10-17(27)24-14-8-12(22)7-13(23)9-14/h1-9H,10H2,(H,24,27). The van der Waals surface area contributed by atoms with Crippen LogP contribution in [0, 0.1) is 0 Å². The van der Waals surface area contributed by atoms with E-state index in [-0.39, 0.29) is 17.2 Å². The Hall–Kier alpha value is -2.03. The Kier molecular flexibility index (Phi) is 6.36. The van der Waals surface area contributed by atoms with Gasteiger partial charge in [0.25, 0.3) is 5.56 Å². The summed E-state index contributed by atoms with van der Waals surface area (Å²) < 4.78 is 2.04. The number of halogens is 3. The smallest absolute Gasteiger partial charge is 0.276 e. The topological polar surface area (TPSA) is 64.0 Å². The highest BCUT2D eigenvalue weighted by atomic mass is 35.5. The van der Waals surface area contributed by atoms with Crippen LogP contribution in [-0.4, -0.2) is 21.2 Å². The largest absolute Gasteiger partial charge is 0.325 e. The molecule has 30 heavy (non-hydrogen) atoms. The van der Waals surface area contributed by atoms with E-state index in [1.165, 1.54) is 15.9 Å². The van der Waals surface area contributed by atoms with Crippen LogP contribution in [0.2, 0.25) is 15.1 Å². The molecule has 0 aliphatic carbocycles. The van der Waals surface area contributed by atoms with Gasteiger partial charge in [0.05, 0.1) is 17.0 Å². The van der Waals surface area contributed by atoms with Crippen LogP contribution in [0.3, 0.4) is 0 Å². The van der Waals surface area contributed by atoms with E-state index in [9.17, 15) is 9.59 Å². The number of thioether (sulfide) groups is 1. The lowest BCUT2D eigenvalue weighted by atomic mass is 10.3. The molecule has 2 aromatic heterocycles. The number of rotatable bonds is 5. The lowest BCUT2D eigenvalue weighted by Gasteiger charge is -2.12. The van der Waals surface area contributed by atoms with E-state index < -0.39 is 0 Å². The van der Waals surface area contributed by atoms with Crippen LogP contribution >= 0.6 is 57.9 Å². The maximum atomic E-state index is 13.1. The van der Waals surface area contributed by atoms with Crippen molar-refractivity contribution in [2.45, 2.75) is 5.16 Å². The van der Waals surface area contributed by atoms with Gasteiger partial charge in [-0.1, -0.05) is 46.6 Å². The molecule has 0 unspecified atom stereocenters. The van der Waals surface area contributed by atoms with Gasteiger partial charge < -0.3 is 5.32 Å². The molecule has 5 nitrogen and oxygen atoms in total. The molecule has 4 rings (SSSR count). The predicted molar refractivity (Wildman–Crippen MR) is 126 cm³/mol. The highest BCUT2D eigenvalue weighted by molar-refractivity contribution is 7.99. The van der Waals surface area contributed by atoms with Gasteiger partial charge in [-0.05, 0) is 53.9 Å². The summed E-state index contributed by atoms with van der Waals surface area (Å²) in [5, 5.41) is 6.38. The second-order valence-corrected chi connectivity index (χ2v) is 9.31. The molecule has 152 valence electrons. The van der Waals surface area contributed by atoms with E-state index in [1.807, 2.05) is 5.38 Å². The highest BCUT2D eigenvalue weighted by Gasteiger charge is 2.16. The van der Waals surface area contributed by atoms with Gasteiger partial charge in [0, 0.05) is 20.8 Å². The zero-order valence-electron chi connectivity index (χ0n) is 15.1. The summed E-state index contributed by atoms with van der Waals surface area (Å²) in [6.45, 7) is 0. The summed E-state index contributed by atoms with van der Waals surface area (Å²) in [5.41, 5.74) is 1.52. The monoisotopic (exact) mass is 495 g/mol. The minimum Gasteiger partial charge on any atom is -0.325 e. The first-order chi connectivity index (χ1) is 14.4. The molecule has 0 atom stereocenters. The first kappa shape index (κ1) is 21.2. The number of thiophene rings is 1. The molecule has 10 heteroatoms. The third-order valence-electron chi connectivity index (χ3n) is 4.01. The summed E-state index contributed by atoms with van der Waals surface area (Å²) in [7, 11) is 0. The van der Waals surface area contributed by atoms with Crippen molar-refractivity contribution in [2.24, 2.45) is 0 Å². The van der Waals surface area contributed by atoms with E-state index in [0.717, 1.165) is 11.8 Å². The van der Waals surface area contributed by atoms with Crippen LogP contribution in [0.5, 0.6) is 0 Å². The molecule has 1 N–H and O–H groups in total. The maximum absolute atomic E-state index is 13.1. The van der Waals surface area contributed by atoms with Crippen molar-refractivity contribution in [2.75, 3.05) is 11.1 Å². The Bertz CT molecular complexity index is 1280. The van der Waals surface area contributed by atoms with Crippen LogP contribution in [0.4, 0.5) is 5.69 Å². The summed E-state index contributed by atoms with van der Waals surface area (Å²) in [6.07, 6.45) is 0. The van der Waals surface area contributed by atoms with Gasteiger partial charge in [-0.15, -0.1) is 11.3 Å². The van der Waals surface area contributed by atoms with E-state index in [2.05, 4.69) is 10.3 Å². The maximum Gasteiger partial charge on any atom is 0.276 e. The van der Waals surface area contributed by atoms with E-state index in [0.29, 0.717) is 41.8 Å². The Morgan fingerprint density at radius 3 is 2.43 bits per heavy atom. The number of hydrogen-bond acceptors (Lipinski definition) is 5. The third kappa shape index (κ3) is 4.66. The van der Waals surface area contributed by atoms with Gasteiger partial charge >= 0.3 is 0 Å². The number of nitrogens with one attached hydrogen (secondary N) is 1. The molecule has 0 bridgehead atoms. The average molecular weight is 497 g/mol. The molecule has 0 radical (unpaired) electrons. The number of nitrogens with zero attached hydrogens (tertiary/aromatic N) is 2. The number of fused-ring (bicyclic) bond motifs is 1. The average Bonchev–Trinajstić information content (AvgIpc) is 3.16. The zero-order chi connectivity index (χ0) is 21.3. The minimum absolute atomic E-state index is 0.0415. The number of amides is 1. The van der Waals surface area contributed by atoms with Crippen LogP contribution in [-0.2, 0) is 4.79 Å². The fourth-order valence-corrected chi connectivity index (χ4v) is 4.98. The first-order valence-electron chi connectivity index (χ1n) is 8.55. The number of benzene rings is 2. The molecule has 0 fully saturated rings. The van der Waals surface area contributed by atoms with Gasteiger partial charge in [-0.2, -0.15) is 0 Å². The summed E-state index contributed by atoms with van der Waals surface area (Å²) >= 11 is 20.4. The van der Waals surface area contributed by atoms with Crippen LogP contribution in [0.25, 0.3) is 15.9 Å². The molecule has 0 saturated heterocycles. The second-order valence-electron chi connectivity index (χ2n) is 6.14. The molecular formula is C20H12Cl3N3O2S2. The van der Waals surface area contributed by atoms with Crippen LogP contribution < -0.4 is 10.9 Å². The van der Waals surface area contributed by atoms with Gasteiger partial charge in [-0.25, -0.2) is 4.98 Å². The van der Waals surface area contributed by atoms with Crippen molar-refractivity contribution in [3.8, 4) is 5.69 Å². The van der Waals surface area contributed by atoms with Gasteiger partial charge in [-0.3, -0.25) is 14.2 Å². The SMILES string of the molecule is O=C(CSc1nc2ccsc2c(=O)n1-c1ccc(Cl)cc1)Nc1cc(Cl)cc(Cl)c1. The van der Waals surface area contributed by atoms with Crippen molar-refractivity contribution in [1.82, 2.24) is 9.55 Å². The predicted octanol–water partition coefficient (Wildman–Crippen LogP) is 6.14. The fraction of sp³-hybridized carbons (Fsp3) is 0.0500. The Morgan fingerprint density at radius 2 is 1.73 bits per heavy atom. The Balaban J connectivity index is 1.63. The van der Waals surface area contributed by atoms with Crippen molar-refractivity contribution < 1.29 is 4.79 Å². The number of carbonyl (C=O) groups is 1. The summed E-state index contributed by atoms with van der Waals surface area (Å²) in [6, 6.07) is 13.5. The number of carbonyl (C=O) groups excluding carboxylic acids is 1. The molecule has 0 aliphatic rings. The molecule has 0 aliphatic heterocycles. The highest BCUT2D eigenvalue weighted by Crippen LogP contribution is 2.26. The van der Waals surface area contributed by atoms with E-state index in [1.54, 1.807) is 48.5 Å². The molecule has 4 aromatic rings. The molecule has 1 amide bonds. The van der Waals surface area contributed by atoms with E-state index >= 15 is 0 Å². The summed E-state index contributed by atoms with van der Waals surface area (Å²) in [5.74, 6) is -0.236.